The highest BCUT2D eigenvalue weighted by atomic mass is 32.1. The van der Waals surface area contributed by atoms with Crippen LogP contribution in [-0.2, 0) is 0 Å². The van der Waals surface area contributed by atoms with Crippen molar-refractivity contribution in [3.8, 4) is 0 Å². The fourth-order valence-corrected chi connectivity index (χ4v) is 4.58. The van der Waals surface area contributed by atoms with Gasteiger partial charge >= 0.3 is 0 Å². The third kappa shape index (κ3) is 5.00. The van der Waals surface area contributed by atoms with Crippen molar-refractivity contribution in [3.05, 3.63) is 6.07 Å². The van der Waals surface area contributed by atoms with Crippen molar-refractivity contribution < 1.29 is 0 Å². The highest BCUT2D eigenvalue weighted by Crippen LogP contribution is 2.29. The second-order valence-corrected chi connectivity index (χ2v) is 9.09. The first-order valence-electron chi connectivity index (χ1n) is 10.5. The first-order valence-corrected chi connectivity index (χ1v) is 10.9. The summed E-state index contributed by atoms with van der Waals surface area (Å²) in [6.45, 7) is 8.95. The summed E-state index contributed by atoms with van der Waals surface area (Å²) in [5.74, 6) is 4.06. The van der Waals surface area contributed by atoms with E-state index in [0.29, 0.717) is 28.9 Å². The van der Waals surface area contributed by atoms with E-state index in [1.807, 2.05) is 0 Å². The third-order valence-electron chi connectivity index (χ3n) is 5.71. The number of hydrogen-bond acceptors (Lipinski definition) is 5. The summed E-state index contributed by atoms with van der Waals surface area (Å²) >= 11 is 5.46. The SMILES string of the molecule is C[C@@H]1C[C@H](C)CN(c2cc(N3CCCCC3)nc(NC(=S)NC3CC3)n2)C1. The molecule has 6 nitrogen and oxygen atoms in total. The molecule has 1 aliphatic carbocycles. The maximum atomic E-state index is 5.46. The van der Waals surface area contributed by atoms with Crippen LogP contribution in [-0.4, -0.2) is 47.3 Å². The van der Waals surface area contributed by atoms with Crippen molar-refractivity contribution in [2.24, 2.45) is 11.8 Å². The van der Waals surface area contributed by atoms with Gasteiger partial charge < -0.3 is 20.4 Å². The van der Waals surface area contributed by atoms with Crippen LogP contribution in [0.25, 0.3) is 0 Å². The number of hydrogen-bond donors (Lipinski definition) is 2. The maximum absolute atomic E-state index is 5.46. The third-order valence-corrected chi connectivity index (χ3v) is 5.93. The zero-order valence-corrected chi connectivity index (χ0v) is 17.4. The zero-order chi connectivity index (χ0) is 18.8. The van der Waals surface area contributed by atoms with E-state index in [-0.39, 0.29) is 0 Å². The molecule has 2 aliphatic heterocycles. The highest BCUT2D eigenvalue weighted by Gasteiger charge is 2.25. The Morgan fingerprint density at radius 3 is 2.26 bits per heavy atom. The molecule has 0 aromatic carbocycles. The number of aromatic nitrogens is 2. The predicted molar refractivity (Wildman–Crippen MR) is 116 cm³/mol. The van der Waals surface area contributed by atoms with Gasteiger partial charge in [0.1, 0.15) is 11.6 Å². The van der Waals surface area contributed by atoms with Crippen LogP contribution >= 0.6 is 12.2 Å². The summed E-state index contributed by atoms with van der Waals surface area (Å²) < 4.78 is 0. The Balaban J connectivity index is 1.57. The maximum Gasteiger partial charge on any atom is 0.232 e. The molecule has 3 aliphatic rings. The van der Waals surface area contributed by atoms with Crippen LogP contribution in [0.4, 0.5) is 17.6 Å². The Kier molecular flexibility index (Phi) is 5.66. The summed E-state index contributed by atoms with van der Waals surface area (Å²) in [5.41, 5.74) is 0. The molecule has 148 valence electrons. The van der Waals surface area contributed by atoms with Gasteiger partial charge in [0.15, 0.2) is 5.11 Å². The lowest BCUT2D eigenvalue weighted by Crippen LogP contribution is -2.40. The topological polar surface area (TPSA) is 56.3 Å². The number of nitrogens with one attached hydrogen (secondary N) is 2. The van der Waals surface area contributed by atoms with E-state index in [4.69, 9.17) is 22.2 Å². The van der Waals surface area contributed by atoms with Gasteiger partial charge in [0.05, 0.1) is 0 Å². The van der Waals surface area contributed by atoms with Gasteiger partial charge in [-0.25, -0.2) is 0 Å². The Morgan fingerprint density at radius 2 is 1.63 bits per heavy atom. The van der Waals surface area contributed by atoms with Crippen LogP contribution < -0.4 is 20.4 Å². The van der Waals surface area contributed by atoms with Crippen LogP contribution in [0.2, 0.25) is 0 Å². The second kappa shape index (κ2) is 8.17. The Hall–Kier alpha value is -1.63. The molecule has 0 bridgehead atoms. The molecular weight excluding hydrogens is 356 g/mol. The fraction of sp³-hybridized carbons (Fsp3) is 0.750. The van der Waals surface area contributed by atoms with Crippen molar-refractivity contribution in [1.82, 2.24) is 15.3 Å². The lowest BCUT2D eigenvalue weighted by Gasteiger charge is -2.36. The molecular formula is C20H32N6S. The molecule has 2 N–H and O–H groups in total. The molecule has 0 spiro atoms. The van der Waals surface area contributed by atoms with Crippen LogP contribution in [0, 0.1) is 11.8 Å². The number of piperidine rings is 2. The summed E-state index contributed by atoms with van der Waals surface area (Å²) in [4.78, 5) is 14.5. The molecule has 0 amide bonds. The molecule has 1 aromatic rings. The van der Waals surface area contributed by atoms with Crippen molar-refractivity contribution >= 4 is 34.9 Å². The lowest BCUT2D eigenvalue weighted by molar-refractivity contribution is 0.355. The van der Waals surface area contributed by atoms with Gasteiger partial charge in [-0.05, 0) is 62.6 Å². The molecule has 2 saturated heterocycles. The minimum absolute atomic E-state index is 0.526. The van der Waals surface area contributed by atoms with Crippen molar-refractivity contribution in [2.75, 3.05) is 41.3 Å². The average molecular weight is 389 g/mol. The monoisotopic (exact) mass is 388 g/mol. The van der Waals surface area contributed by atoms with E-state index in [1.165, 1.54) is 38.5 Å². The first-order chi connectivity index (χ1) is 13.1. The standard InChI is InChI=1S/C20H32N6S/c1-14-10-15(2)13-26(12-14)18-11-17(25-8-4-3-5-9-25)22-19(23-18)24-20(27)21-16-6-7-16/h11,14-16H,3-10,12-13H2,1-2H3,(H2,21,22,23,24,27)/t14-,15+. The van der Waals surface area contributed by atoms with Gasteiger partial charge in [-0.15, -0.1) is 0 Å². The van der Waals surface area contributed by atoms with E-state index in [9.17, 15) is 0 Å². The minimum Gasteiger partial charge on any atom is -0.360 e. The smallest absolute Gasteiger partial charge is 0.232 e. The van der Waals surface area contributed by atoms with E-state index >= 15 is 0 Å². The molecule has 0 unspecified atom stereocenters. The number of anilines is 3. The molecule has 27 heavy (non-hydrogen) atoms. The Morgan fingerprint density at radius 1 is 1.00 bits per heavy atom. The number of nitrogens with zero attached hydrogens (tertiary/aromatic N) is 4. The lowest BCUT2D eigenvalue weighted by atomic mass is 9.92. The predicted octanol–water partition coefficient (Wildman–Crippen LogP) is 3.40. The molecule has 3 fully saturated rings. The Labute approximate surface area is 168 Å². The van der Waals surface area contributed by atoms with Crippen molar-refractivity contribution in [2.45, 2.75) is 58.4 Å². The number of rotatable bonds is 4. The van der Waals surface area contributed by atoms with Crippen LogP contribution in [0.5, 0.6) is 0 Å². The zero-order valence-electron chi connectivity index (χ0n) is 16.6. The summed E-state index contributed by atoms with van der Waals surface area (Å²) in [5, 5.41) is 7.21. The average Bonchev–Trinajstić information content (AvgIpc) is 3.45. The quantitative estimate of drug-likeness (QED) is 0.767. The van der Waals surface area contributed by atoms with E-state index in [1.54, 1.807) is 0 Å². The van der Waals surface area contributed by atoms with Gasteiger partial charge in [-0.2, -0.15) is 9.97 Å². The fourth-order valence-electron chi connectivity index (χ4n) is 4.33. The van der Waals surface area contributed by atoms with E-state index < -0.39 is 0 Å². The summed E-state index contributed by atoms with van der Waals surface area (Å²) in [6.07, 6.45) is 7.48. The van der Waals surface area contributed by atoms with Gasteiger partial charge in [0, 0.05) is 38.3 Å². The molecule has 1 saturated carbocycles. The van der Waals surface area contributed by atoms with Crippen molar-refractivity contribution in [3.63, 3.8) is 0 Å². The van der Waals surface area contributed by atoms with Gasteiger partial charge in [0.25, 0.3) is 0 Å². The van der Waals surface area contributed by atoms with E-state index in [0.717, 1.165) is 37.8 Å². The molecule has 0 radical (unpaired) electrons. The van der Waals surface area contributed by atoms with Crippen LogP contribution in [0.3, 0.4) is 0 Å². The van der Waals surface area contributed by atoms with Crippen molar-refractivity contribution in [1.29, 1.82) is 0 Å². The summed E-state index contributed by atoms with van der Waals surface area (Å²) in [6, 6.07) is 2.71. The van der Waals surface area contributed by atoms with Gasteiger partial charge in [-0.1, -0.05) is 13.8 Å². The van der Waals surface area contributed by atoms with Gasteiger partial charge in [-0.3, -0.25) is 0 Å². The molecule has 7 heteroatoms. The van der Waals surface area contributed by atoms with Gasteiger partial charge in [0.2, 0.25) is 5.95 Å². The number of thiocarbonyl (C=S) groups is 1. The normalized spacial score (nSPS) is 26.0. The van der Waals surface area contributed by atoms with E-state index in [2.05, 4.69) is 40.3 Å². The first kappa shape index (κ1) is 18.7. The molecule has 1 aromatic heterocycles. The molecule has 4 rings (SSSR count). The summed E-state index contributed by atoms with van der Waals surface area (Å²) in [7, 11) is 0. The largest absolute Gasteiger partial charge is 0.360 e. The van der Waals surface area contributed by atoms with Crippen LogP contribution in [0.1, 0.15) is 52.4 Å². The minimum atomic E-state index is 0.526. The van der Waals surface area contributed by atoms with Crippen LogP contribution in [0.15, 0.2) is 6.07 Å². The highest BCUT2D eigenvalue weighted by molar-refractivity contribution is 7.80. The molecule has 2 atom stereocenters. The Bertz CT molecular complexity index is 660. The molecule has 3 heterocycles. The second-order valence-electron chi connectivity index (χ2n) is 8.68.